The van der Waals surface area contributed by atoms with E-state index >= 15 is 0 Å². The Morgan fingerprint density at radius 3 is 2.62 bits per heavy atom. The number of nitrogens with zero attached hydrogens (tertiary/aromatic N) is 4. The Morgan fingerprint density at radius 1 is 1.21 bits per heavy atom. The monoisotopic (exact) mass is 326 g/mol. The molecule has 1 aromatic carbocycles. The maximum atomic E-state index is 12.6. The predicted molar refractivity (Wildman–Crippen MR) is 88.2 cm³/mol. The van der Waals surface area contributed by atoms with Gasteiger partial charge in [0.2, 0.25) is 0 Å². The smallest absolute Gasteiger partial charge is 0.336 e. The zero-order valence-corrected chi connectivity index (χ0v) is 13.6. The largest absolute Gasteiger partial charge is 0.478 e. The van der Waals surface area contributed by atoms with Crippen LogP contribution in [-0.4, -0.2) is 52.5 Å². The summed E-state index contributed by atoms with van der Waals surface area (Å²) in [5.41, 5.74) is 2.19. The van der Waals surface area contributed by atoms with Crippen molar-refractivity contribution in [3.63, 3.8) is 0 Å². The molecule has 1 aromatic heterocycles. The van der Waals surface area contributed by atoms with Crippen molar-refractivity contribution in [2.24, 2.45) is 0 Å². The Hall–Kier alpha value is -2.96. The lowest BCUT2D eigenvalue weighted by atomic mass is 9.94. The Balaban J connectivity index is 1.84. The van der Waals surface area contributed by atoms with Gasteiger partial charge in [0.05, 0.1) is 18.0 Å². The van der Waals surface area contributed by atoms with E-state index in [9.17, 15) is 14.7 Å². The zero-order valence-electron chi connectivity index (χ0n) is 13.6. The second-order valence-corrected chi connectivity index (χ2v) is 5.88. The number of aromatic carboxylic acids is 1. The minimum atomic E-state index is -0.976. The Labute approximate surface area is 139 Å². The molecule has 0 unspecified atom stereocenters. The van der Waals surface area contributed by atoms with Crippen LogP contribution < -0.4 is 4.90 Å². The summed E-state index contributed by atoms with van der Waals surface area (Å²) in [5, 5.41) is 9.33. The maximum absolute atomic E-state index is 12.6. The fourth-order valence-corrected chi connectivity index (χ4v) is 2.78. The fourth-order valence-electron chi connectivity index (χ4n) is 2.78. The molecule has 1 amide bonds. The van der Waals surface area contributed by atoms with Crippen molar-refractivity contribution < 1.29 is 14.7 Å². The number of carboxylic acid groups (broad SMARTS) is 1. The van der Waals surface area contributed by atoms with Crippen LogP contribution in [0.2, 0.25) is 0 Å². The van der Waals surface area contributed by atoms with E-state index in [0.717, 1.165) is 5.56 Å². The molecule has 0 radical (unpaired) electrons. The molecule has 1 aliphatic rings. The number of carbonyl (C=O) groups excluding carboxylic acids is 1. The van der Waals surface area contributed by atoms with E-state index in [1.807, 2.05) is 20.2 Å². The fraction of sp³-hybridized carbons (Fsp3) is 0.294. The van der Waals surface area contributed by atoms with Crippen LogP contribution in [0.1, 0.15) is 32.0 Å². The molecule has 0 fully saturated rings. The molecule has 7 heteroatoms. The number of aromatic nitrogens is 2. The molecule has 24 heavy (non-hydrogen) atoms. The third-order valence-corrected chi connectivity index (χ3v) is 4.11. The number of rotatable bonds is 3. The second kappa shape index (κ2) is 6.27. The molecule has 7 nitrogen and oxygen atoms in total. The van der Waals surface area contributed by atoms with Crippen LogP contribution in [0.15, 0.2) is 30.6 Å². The summed E-state index contributed by atoms with van der Waals surface area (Å²) in [5.74, 6) is -0.543. The highest BCUT2D eigenvalue weighted by Crippen LogP contribution is 2.24. The lowest BCUT2D eigenvalue weighted by Crippen LogP contribution is -2.37. The Morgan fingerprint density at radius 2 is 2.00 bits per heavy atom. The molecule has 124 valence electrons. The SMILES string of the molecule is CN(C)c1cnc(C(=O)N2CCc3cccc(C(=O)O)c3C2)cn1. The maximum Gasteiger partial charge on any atom is 0.336 e. The van der Waals surface area contributed by atoms with Gasteiger partial charge in [-0.3, -0.25) is 4.79 Å². The molecular formula is C17H18N4O3. The normalized spacial score (nSPS) is 13.3. The highest BCUT2D eigenvalue weighted by Gasteiger charge is 2.26. The predicted octanol–water partition coefficient (Wildman–Crippen LogP) is 1.44. The van der Waals surface area contributed by atoms with Crippen molar-refractivity contribution in [1.29, 1.82) is 0 Å². The molecule has 0 saturated carbocycles. The van der Waals surface area contributed by atoms with E-state index in [-0.39, 0.29) is 23.7 Å². The summed E-state index contributed by atoms with van der Waals surface area (Å²) >= 11 is 0. The topological polar surface area (TPSA) is 86.6 Å². The van der Waals surface area contributed by atoms with Gasteiger partial charge in [-0.05, 0) is 23.6 Å². The molecule has 2 aromatic rings. The standard InChI is InChI=1S/C17H18N4O3/c1-20(2)15-9-18-14(8-19-15)16(22)21-7-6-11-4-3-5-12(17(23)24)13(11)10-21/h3-5,8-9H,6-7,10H2,1-2H3,(H,23,24). The first-order valence-corrected chi connectivity index (χ1v) is 7.60. The van der Waals surface area contributed by atoms with Gasteiger partial charge in [0.15, 0.2) is 0 Å². The number of hydrogen-bond acceptors (Lipinski definition) is 5. The molecule has 1 N–H and O–H groups in total. The highest BCUT2D eigenvalue weighted by atomic mass is 16.4. The lowest BCUT2D eigenvalue weighted by molar-refractivity contribution is 0.0676. The van der Waals surface area contributed by atoms with Gasteiger partial charge in [-0.2, -0.15) is 0 Å². The number of fused-ring (bicyclic) bond motifs is 1. The van der Waals surface area contributed by atoms with Gasteiger partial charge in [-0.15, -0.1) is 0 Å². The van der Waals surface area contributed by atoms with Crippen molar-refractivity contribution in [3.8, 4) is 0 Å². The van der Waals surface area contributed by atoms with Gasteiger partial charge in [0.1, 0.15) is 11.5 Å². The van der Waals surface area contributed by atoms with Crippen molar-refractivity contribution >= 4 is 17.7 Å². The van der Waals surface area contributed by atoms with Crippen LogP contribution in [0.25, 0.3) is 0 Å². The van der Waals surface area contributed by atoms with E-state index in [1.54, 1.807) is 28.1 Å². The van der Waals surface area contributed by atoms with E-state index in [2.05, 4.69) is 9.97 Å². The minimum absolute atomic E-state index is 0.237. The summed E-state index contributed by atoms with van der Waals surface area (Å²) in [7, 11) is 3.70. The Bertz CT molecular complexity index is 787. The first-order valence-electron chi connectivity index (χ1n) is 7.60. The third kappa shape index (κ3) is 2.92. The number of benzene rings is 1. The van der Waals surface area contributed by atoms with Gasteiger partial charge < -0.3 is 14.9 Å². The lowest BCUT2D eigenvalue weighted by Gasteiger charge is -2.29. The third-order valence-electron chi connectivity index (χ3n) is 4.11. The number of carboxylic acids is 1. The van der Waals surface area contributed by atoms with Crippen LogP contribution in [0, 0.1) is 0 Å². The van der Waals surface area contributed by atoms with Crippen LogP contribution in [0.4, 0.5) is 5.82 Å². The Kier molecular flexibility index (Phi) is 4.16. The number of carbonyl (C=O) groups is 2. The van der Waals surface area contributed by atoms with Crippen LogP contribution in [-0.2, 0) is 13.0 Å². The first kappa shape index (κ1) is 15.9. The summed E-state index contributed by atoms with van der Waals surface area (Å²) in [6.07, 6.45) is 3.63. The summed E-state index contributed by atoms with van der Waals surface area (Å²) in [4.78, 5) is 35.8. The molecule has 0 bridgehead atoms. The van der Waals surface area contributed by atoms with Crippen molar-refractivity contribution in [2.75, 3.05) is 25.5 Å². The molecule has 0 saturated heterocycles. The van der Waals surface area contributed by atoms with Crippen molar-refractivity contribution in [3.05, 3.63) is 53.0 Å². The van der Waals surface area contributed by atoms with Gasteiger partial charge in [-0.25, -0.2) is 14.8 Å². The average Bonchev–Trinajstić information content (AvgIpc) is 2.60. The van der Waals surface area contributed by atoms with E-state index in [4.69, 9.17) is 0 Å². The van der Waals surface area contributed by atoms with E-state index in [1.165, 1.54) is 6.20 Å². The van der Waals surface area contributed by atoms with Crippen molar-refractivity contribution in [2.45, 2.75) is 13.0 Å². The van der Waals surface area contributed by atoms with E-state index in [0.29, 0.717) is 24.3 Å². The zero-order chi connectivity index (χ0) is 17.3. The van der Waals surface area contributed by atoms with Crippen LogP contribution in [0.5, 0.6) is 0 Å². The molecule has 2 heterocycles. The summed E-state index contributed by atoms with van der Waals surface area (Å²) in [6, 6.07) is 5.22. The van der Waals surface area contributed by atoms with Gasteiger partial charge >= 0.3 is 5.97 Å². The molecule has 0 spiro atoms. The molecular weight excluding hydrogens is 308 g/mol. The molecule has 3 rings (SSSR count). The average molecular weight is 326 g/mol. The minimum Gasteiger partial charge on any atom is -0.478 e. The van der Waals surface area contributed by atoms with Crippen molar-refractivity contribution in [1.82, 2.24) is 14.9 Å². The molecule has 0 atom stereocenters. The number of amides is 1. The first-order chi connectivity index (χ1) is 11.5. The van der Waals surface area contributed by atoms with E-state index < -0.39 is 5.97 Å². The molecule has 0 aliphatic carbocycles. The summed E-state index contributed by atoms with van der Waals surface area (Å²) in [6.45, 7) is 0.805. The number of hydrogen-bond donors (Lipinski definition) is 1. The quantitative estimate of drug-likeness (QED) is 0.918. The number of anilines is 1. The second-order valence-electron chi connectivity index (χ2n) is 5.88. The van der Waals surface area contributed by atoms with Gasteiger partial charge in [-0.1, -0.05) is 12.1 Å². The van der Waals surface area contributed by atoms with Gasteiger partial charge in [0, 0.05) is 27.2 Å². The summed E-state index contributed by atoms with van der Waals surface area (Å²) < 4.78 is 0. The van der Waals surface area contributed by atoms with Crippen LogP contribution >= 0.6 is 0 Å². The van der Waals surface area contributed by atoms with Gasteiger partial charge in [0.25, 0.3) is 5.91 Å². The van der Waals surface area contributed by atoms with Crippen LogP contribution in [0.3, 0.4) is 0 Å². The highest BCUT2D eigenvalue weighted by molar-refractivity contribution is 5.93. The molecule has 1 aliphatic heterocycles.